The molecule has 0 aliphatic carbocycles. The van der Waals surface area contributed by atoms with E-state index in [4.69, 9.17) is 16.3 Å². The first-order chi connectivity index (χ1) is 13.8. The predicted molar refractivity (Wildman–Crippen MR) is 117 cm³/mol. The summed E-state index contributed by atoms with van der Waals surface area (Å²) in [6, 6.07) is 15.5. The highest BCUT2D eigenvalue weighted by Crippen LogP contribution is 2.23. The molecule has 1 N–H and O–H groups in total. The van der Waals surface area contributed by atoms with Crippen molar-refractivity contribution in [3.63, 3.8) is 0 Å². The fourth-order valence-corrected chi connectivity index (χ4v) is 3.50. The fraction of sp³-hybridized carbons (Fsp3) is 0.217. The van der Waals surface area contributed by atoms with Crippen LogP contribution in [0.4, 0.5) is 0 Å². The molecule has 0 atom stereocenters. The molecule has 0 aliphatic heterocycles. The standard InChI is InChI=1S/C23H24ClN3O2/c1-15-9-16(2)11-20(10-15)27-17(3)12-19(18(27)4)13-25-26-23(28)14-29-22-8-6-5-7-21(22)24/h5-13H,14H2,1-4H3,(H,26,28)/b25-13-. The highest BCUT2D eigenvalue weighted by Gasteiger charge is 2.10. The van der Waals surface area contributed by atoms with E-state index in [1.165, 1.54) is 11.1 Å². The topological polar surface area (TPSA) is 55.6 Å². The van der Waals surface area contributed by atoms with Gasteiger partial charge < -0.3 is 9.30 Å². The number of para-hydroxylation sites is 1. The number of amides is 1. The molecule has 0 bridgehead atoms. The Morgan fingerprint density at radius 2 is 1.79 bits per heavy atom. The number of aryl methyl sites for hydroxylation is 3. The molecule has 2 aromatic carbocycles. The van der Waals surface area contributed by atoms with Crippen molar-refractivity contribution in [3.05, 3.63) is 81.6 Å². The van der Waals surface area contributed by atoms with Crippen molar-refractivity contribution in [1.82, 2.24) is 9.99 Å². The van der Waals surface area contributed by atoms with Crippen molar-refractivity contribution >= 4 is 23.7 Å². The van der Waals surface area contributed by atoms with Crippen LogP contribution < -0.4 is 10.2 Å². The van der Waals surface area contributed by atoms with Gasteiger partial charge in [-0.25, -0.2) is 5.43 Å². The van der Waals surface area contributed by atoms with Gasteiger partial charge in [-0.3, -0.25) is 4.79 Å². The van der Waals surface area contributed by atoms with Crippen LogP contribution in [0.2, 0.25) is 5.02 Å². The lowest BCUT2D eigenvalue weighted by Gasteiger charge is -2.11. The maximum atomic E-state index is 12.0. The number of nitrogens with one attached hydrogen (secondary N) is 1. The van der Waals surface area contributed by atoms with Crippen LogP contribution >= 0.6 is 11.6 Å². The van der Waals surface area contributed by atoms with Gasteiger partial charge in [0.05, 0.1) is 11.2 Å². The number of benzene rings is 2. The van der Waals surface area contributed by atoms with Crippen LogP contribution in [0.15, 0.2) is 53.6 Å². The van der Waals surface area contributed by atoms with Gasteiger partial charge in [0.1, 0.15) is 5.75 Å². The molecular weight excluding hydrogens is 386 g/mol. The molecule has 29 heavy (non-hydrogen) atoms. The summed E-state index contributed by atoms with van der Waals surface area (Å²) in [5, 5.41) is 4.53. The van der Waals surface area contributed by atoms with Crippen LogP contribution in [0.1, 0.15) is 28.1 Å². The molecule has 6 heteroatoms. The summed E-state index contributed by atoms with van der Waals surface area (Å²) >= 11 is 6.01. The normalized spacial score (nSPS) is 11.1. The van der Waals surface area contributed by atoms with E-state index in [2.05, 4.69) is 54.1 Å². The lowest BCUT2D eigenvalue weighted by Crippen LogP contribution is -2.24. The Balaban J connectivity index is 1.67. The number of aromatic nitrogens is 1. The first-order valence-corrected chi connectivity index (χ1v) is 9.70. The number of ether oxygens (including phenoxy) is 1. The molecule has 0 spiro atoms. The van der Waals surface area contributed by atoms with Gasteiger partial charge in [0.15, 0.2) is 6.61 Å². The number of nitrogens with zero attached hydrogens (tertiary/aromatic N) is 2. The van der Waals surface area contributed by atoms with Crippen LogP contribution in [0, 0.1) is 27.7 Å². The van der Waals surface area contributed by atoms with E-state index in [1.54, 1.807) is 30.5 Å². The van der Waals surface area contributed by atoms with Gasteiger partial charge >= 0.3 is 0 Å². The molecule has 1 amide bonds. The zero-order chi connectivity index (χ0) is 21.0. The van der Waals surface area contributed by atoms with E-state index >= 15 is 0 Å². The summed E-state index contributed by atoms with van der Waals surface area (Å²) < 4.78 is 7.59. The Morgan fingerprint density at radius 1 is 1.10 bits per heavy atom. The minimum Gasteiger partial charge on any atom is -0.482 e. The predicted octanol–water partition coefficient (Wildman–Crippen LogP) is 4.89. The van der Waals surface area contributed by atoms with E-state index in [9.17, 15) is 4.79 Å². The van der Waals surface area contributed by atoms with Gasteiger partial charge in [0.2, 0.25) is 0 Å². The minimum absolute atomic E-state index is 0.164. The third-order valence-corrected chi connectivity index (χ3v) is 4.84. The summed E-state index contributed by atoms with van der Waals surface area (Å²) in [5.41, 5.74) is 9.13. The first kappa shape index (κ1) is 20.7. The van der Waals surface area contributed by atoms with E-state index in [-0.39, 0.29) is 12.5 Å². The molecule has 0 fully saturated rings. The molecule has 3 rings (SSSR count). The molecule has 1 heterocycles. The number of carbonyl (C=O) groups excluding carboxylic acids is 1. The smallest absolute Gasteiger partial charge is 0.277 e. The average Bonchev–Trinajstić information content (AvgIpc) is 2.94. The monoisotopic (exact) mass is 409 g/mol. The molecule has 150 valence electrons. The van der Waals surface area contributed by atoms with Crippen molar-refractivity contribution in [3.8, 4) is 11.4 Å². The Labute approximate surface area is 176 Å². The lowest BCUT2D eigenvalue weighted by atomic mass is 10.1. The van der Waals surface area contributed by atoms with Crippen LogP contribution in [-0.4, -0.2) is 23.3 Å². The van der Waals surface area contributed by atoms with Crippen molar-refractivity contribution in [1.29, 1.82) is 0 Å². The van der Waals surface area contributed by atoms with Crippen LogP contribution in [-0.2, 0) is 4.79 Å². The summed E-state index contributed by atoms with van der Waals surface area (Å²) in [6.07, 6.45) is 1.65. The molecule has 0 saturated heterocycles. The number of halogens is 1. The second-order valence-corrected chi connectivity index (χ2v) is 7.43. The lowest BCUT2D eigenvalue weighted by molar-refractivity contribution is -0.123. The van der Waals surface area contributed by atoms with E-state index in [0.29, 0.717) is 10.8 Å². The quantitative estimate of drug-likeness (QED) is 0.465. The minimum atomic E-state index is -0.357. The van der Waals surface area contributed by atoms with Gasteiger partial charge in [-0.2, -0.15) is 5.10 Å². The number of hydrogen-bond acceptors (Lipinski definition) is 3. The highest BCUT2D eigenvalue weighted by atomic mass is 35.5. The molecule has 0 unspecified atom stereocenters. The summed E-state index contributed by atoms with van der Waals surface area (Å²) in [4.78, 5) is 12.0. The second kappa shape index (κ2) is 8.97. The molecule has 1 aromatic heterocycles. The van der Waals surface area contributed by atoms with Crippen molar-refractivity contribution in [2.75, 3.05) is 6.61 Å². The van der Waals surface area contributed by atoms with E-state index in [1.807, 2.05) is 13.0 Å². The summed E-state index contributed by atoms with van der Waals surface area (Å²) in [5.74, 6) is 0.106. The Hall–Kier alpha value is -3.05. The maximum absolute atomic E-state index is 12.0. The number of hydrazone groups is 1. The van der Waals surface area contributed by atoms with Crippen molar-refractivity contribution in [2.45, 2.75) is 27.7 Å². The Kier molecular flexibility index (Phi) is 6.39. The molecule has 0 aliphatic rings. The van der Waals surface area contributed by atoms with Gasteiger partial charge in [0.25, 0.3) is 5.91 Å². The van der Waals surface area contributed by atoms with E-state index < -0.39 is 0 Å². The van der Waals surface area contributed by atoms with Crippen LogP contribution in [0.25, 0.3) is 5.69 Å². The van der Waals surface area contributed by atoms with Gasteiger partial charge in [-0.1, -0.05) is 29.8 Å². The molecule has 5 nitrogen and oxygen atoms in total. The molecule has 3 aromatic rings. The highest BCUT2D eigenvalue weighted by molar-refractivity contribution is 6.32. The number of hydrogen-bond donors (Lipinski definition) is 1. The Bertz CT molecular complexity index is 1050. The second-order valence-electron chi connectivity index (χ2n) is 7.02. The van der Waals surface area contributed by atoms with Crippen molar-refractivity contribution in [2.24, 2.45) is 5.10 Å². The van der Waals surface area contributed by atoms with Gasteiger partial charge in [-0.05, 0) is 69.2 Å². The maximum Gasteiger partial charge on any atom is 0.277 e. The zero-order valence-electron chi connectivity index (χ0n) is 17.0. The number of carbonyl (C=O) groups is 1. The van der Waals surface area contributed by atoms with Crippen LogP contribution in [0.3, 0.4) is 0 Å². The zero-order valence-corrected chi connectivity index (χ0v) is 17.7. The summed E-state index contributed by atoms with van der Waals surface area (Å²) in [6.45, 7) is 8.11. The van der Waals surface area contributed by atoms with Gasteiger partial charge in [0, 0.05) is 22.6 Å². The molecule has 0 saturated carbocycles. The molecular formula is C23H24ClN3O2. The van der Waals surface area contributed by atoms with E-state index in [0.717, 1.165) is 22.6 Å². The number of rotatable bonds is 6. The third kappa shape index (κ3) is 5.06. The van der Waals surface area contributed by atoms with Crippen LogP contribution in [0.5, 0.6) is 5.75 Å². The average molecular weight is 410 g/mol. The molecule has 0 radical (unpaired) electrons. The third-order valence-electron chi connectivity index (χ3n) is 4.52. The first-order valence-electron chi connectivity index (χ1n) is 9.32. The SMILES string of the molecule is Cc1cc(C)cc(-n2c(C)cc(/C=N\NC(=O)COc3ccccc3Cl)c2C)c1. The van der Waals surface area contributed by atoms with Gasteiger partial charge in [-0.15, -0.1) is 0 Å². The fourth-order valence-electron chi connectivity index (χ4n) is 3.31. The Morgan fingerprint density at radius 3 is 2.48 bits per heavy atom. The largest absolute Gasteiger partial charge is 0.482 e. The van der Waals surface area contributed by atoms with Crippen molar-refractivity contribution < 1.29 is 9.53 Å². The summed E-state index contributed by atoms with van der Waals surface area (Å²) in [7, 11) is 0.